The summed E-state index contributed by atoms with van der Waals surface area (Å²) in [5, 5.41) is 26.9. The molecule has 15 heteroatoms. The predicted octanol–water partition coefficient (Wildman–Crippen LogP) is -0.459. The molecule has 236 valence electrons. The van der Waals surface area contributed by atoms with Crippen molar-refractivity contribution >= 4 is 46.5 Å². The van der Waals surface area contributed by atoms with E-state index in [2.05, 4.69) is 25.9 Å². The number of carbonyl (C=O) groups excluding carboxylic acids is 3. The van der Waals surface area contributed by atoms with E-state index in [0.717, 1.165) is 16.5 Å². The molecular formula is C28H42N8O7. The number of carbonyl (C=O) groups is 5. The molecule has 4 atom stereocenters. The molecule has 1 heterocycles. The number of nitrogens with two attached hydrogens (primary N) is 3. The van der Waals surface area contributed by atoms with Crippen LogP contribution in [0, 0.1) is 5.92 Å². The number of rotatable bonds is 18. The lowest BCUT2D eigenvalue weighted by Gasteiger charge is -2.26. The third-order valence-electron chi connectivity index (χ3n) is 6.63. The molecule has 15 nitrogen and oxygen atoms in total. The van der Waals surface area contributed by atoms with Crippen molar-refractivity contribution in [2.45, 2.75) is 76.5 Å². The predicted molar refractivity (Wildman–Crippen MR) is 160 cm³/mol. The standard InChI is InChI=1S/C28H42N8O7/c1-15(2)12-22(26(41)35-21(27(42)43)9-10-23(37)38)36-25(40)20(8-5-11-32-28(30)31)34-24(39)18(29)13-16-14-33-19-7-4-3-6-17(16)19/h3-4,6-7,14-15,18,20-22,33H,5,8-13,29H2,1-2H3,(H,34,39)(H,35,41)(H,36,40)(H,37,38)(H,42,43)(H4,30,31,32). The molecule has 0 saturated carbocycles. The van der Waals surface area contributed by atoms with E-state index < -0.39 is 60.2 Å². The van der Waals surface area contributed by atoms with Crippen LogP contribution in [0.25, 0.3) is 10.9 Å². The number of aliphatic imine (C=N–C) groups is 1. The number of carboxylic acid groups (broad SMARTS) is 2. The molecule has 0 aliphatic heterocycles. The van der Waals surface area contributed by atoms with Crippen molar-refractivity contribution in [2.75, 3.05) is 6.54 Å². The number of nitrogens with one attached hydrogen (secondary N) is 4. The van der Waals surface area contributed by atoms with Gasteiger partial charge in [0, 0.05) is 30.1 Å². The van der Waals surface area contributed by atoms with E-state index >= 15 is 0 Å². The molecule has 0 aliphatic rings. The van der Waals surface area contributed by atoms with E-state index in [0.29, 0.717) is 6.42 Å². The van der Waals surface area contributed by atoms with Crippen molar-refractivity contribution in [1.29, 1.82) is 0 Å². The first-order valence-corrected chi connectivity index (χ1v) is 14.0. The summed E-state index contributed by atoms with van der Waals surface area (Å²) >= 11 is 0. The minimum absolute atomic E-state index is 0.0853. The van der Waals surface area contributed by atoms with Crippen molar-refractivity contribution < 1.29 is 34.2 Å². The largest absolute Gasteiger partial charge is 0.481 e. The zero-order chi connectivity index (χ0) is 32.1. The maximum Gasteiger partial charge on any atom is 0.326 e. The summed E-state index contributed by atoms with van der Waals surface area (Å²) in [5.41, 5.74) is 18.7. The van der Waals surface area contributed by atoms with Gasteiger partial charge in [0.15, 0.2) is 5.96 Å². The summed E-state index contributed by atoms with van der Waals surface area (Å²) in [6.45, 7) is 3.80. The van der Waals surface area contributed by atoms with Gasteiger partial charge in [-0.2, -0.15) is 0 Å². The Morgan fingerprint density at radius 3 is 2.16 bits per heavy atom. The highest BCUT2D eigenvalue weighted by Crippen LogP contribution is 2.19. The molecule has 0 radical (unpaired) electrons. The van der Waals surface area contributed by atoms with Gasteiger partial charge in [0.2, 0.25) is 17.7 Å². The van der Waals surface area contributed by atoms with Crippen LogP contribution in [-0.2, 0) is 30.4 Å². The lowest BCUT2D eigenvalue weighted by atomic mass is 10.0. The first kappa shape index (κ1) is 34.5. The van der Waals surface area contributed by atoms with Gasteiger partial charge in [-0.15, -0.1) is 0 Å². The quantitative estimate of drug-likeness (QED) is 0.0602. The second-order valence-corrected chi connectivity index (χ2v) is 10.7. The van der Waals surface area contributed by atoms with Gasteiger partial charge in [-0.05, 0) is 49.7 Å². The Bertz CT molecular complexity index is 1310. The minimum Gasteiger partial charge on any atom is -0.481 e. The highest BCUT2D eigenvalue weighted by Gasteiger charge is 2.31. The van der Waals surface area contributed by atoms with Crippen molar-refractivity contribution in [1.82, 2.24) is 20.9 Å². The van der Waals surface area contributed by atoms with Crippen molar-refractivity contribution in [3.05, 3.63) is 36.0 Å². The smallest absolute Gasteiger partial charge is 0.326 e. The number of para-hydroxylation sites is 1. The second kappa shape index (κ2) is 16.7. The number of fused-ring (bicyclic) bond motifs is 1. The van der Waals surface area contributed by atoms with Crippen LogP contribution in [0.3, 0.4) is 0 Å². The van der Waals surface area contributed by atoms with Gasteiger partial charge < -0.3 is 48.3 Å². The van der Waals surface area contributed by atoms with Gasteiger partial charge in [0.1, 0.15) is 18.1 Å². The van der Waals surface area contributed by atoms with Gasteiger partial charge in [-0.3, -0.25) is 24.2 Å². The lowest BCUT2D eigenvalue weighted by molar-refractivity contribution is -0.143. The van der Waals surface area contributed by atoms with Gasteiger partial charge >= 0.3 is 11.9 Å². The van der Waals surface area contributed by atoms with Crippen molar-refractivity contribution in [2.24, 2.45) is 28.1 Å². The van der Waals surface area contributed by atoms with E-state index in [1.54, 1.807) is 6.20 Å². The molecule has 4 unspecified atom stereocenters. The summed E-state index contributed by atoms with van der Waals surface area (Å²) in [4.78, 5) is 69.1. The molecule has 2 aromatic rings. The Labute approximate surface area is 249 Å². The van der Waals surface area contributed by atoms with E-state index in [9.17, 15) is 29.1 Å². The van der Waals surface area contributed by atoms with Crippen LogP contribution in [0.4, 0.5) is 0 Å². The first-order chi connectivity index (χ1) is 20.3. The molecule has 0 bridgehead atoms. The van der Waals surface area contributed by atoms with Gasteiger partial charge in [-0.25, -0.2) is 4.79 Å². The second-order valence-electron chi connectivity index (χ2n) is 10.7. The molecule has 0 saturated heterocycles. The van der Waals surface area contributed by atoms with Crippen LogP contribution in [0.2, 0.25) is 0 Å². The maximum atomic E-state index is 13.4. The number of hydrogen-bond donors (Lipinski definition) is 9. The molecule has 43 heavy (non-hydrogen) atoms. The molecular weight excluding hydrogens is 560 g/mol. The number of carboxylic acids is 2. The topological polar surface area (TPSA) is 268 Å². The van der Waals surface area contributed by atoms with Crippen LogP contribution < -0.4 is 33.2 Å². The average Bonchev–Trinajstić information content (AvgIpc) is 3.33. The number of amides is 3. The van der Waals surface area contributed by atoms with Crippen molar-refractivity contribution in [3.8, 4) is 0 Å². The number of benzene rings is 1. The summed E-state index contributed by atoms with van der Waals surface area (Å²) in [6, 6.07) is 2.83. The number of nitrogens with zero attached hydrogens (tertiary/aromatic N) is 1. The van der Waals surface area contributed by atoms with E-state index in [4.69, 9.17) is 22.3 Å². The van der Waals surface area contributed by atoms with E-state index in [1.165, 1.54) is 0 Å². The zero-order valence-electron chi connectivity index (χ0n) is 24.3. The van der Waals surface area contributed by atoms with Crippen LogP contribution >= 0.6 is 0 Å². The van der Waals surface area contributed by atoms with Crippen molar-refractivity contribution in [3.63, 3.8) is 0 Å². The van der Waals surface area contributed by atoms with Crippen LogP contribution in [-0.4, -0.2) is 81.5 Å². The number of aliphatic carboxylic acids is 2. The lowest BCUT2D eigenvalue weighted by Crippen LogP contribution is -2.57. The summed E-state index contributed by atoms with van der Waals surface area (Å²) in [7, 11) is 0. The summed E-state index contributed by atoms with van der Waals surface area (Å²) < 4.78 is 0. The third kappa shape index (κ3) is 11.6. The zero-order valence-corrected chi connectivity index (χ0v) is 24.3. The Balaban J connectivity index is 2.18. The fourth-order valence-corrected chi connectivity index (χ4v) is 4.45. The Kier molecular flexibility index (Phi) is 13.4. The Hall–Kier alpha value is -4.66. The normalized spacial score (nSPS) is 13.9. The van der Waals surface area contributed by atoms with Gasteiger partial charge in [0.25, 0.3) is 0 Å². The highest BCUT2D eigenvalue weighted by molar-refractivity contribution is 5.94. The van der Waals surface area contributed by atoms with Crippen LogP contribution in [0.5, 0.6) is 0 Å². The molecule has 2 rings (SSSR count). The molecule has 1 aromatic heterocycles. The number of aromatic amines is 1. The number of guanidine groups is 1. The molecule has 3 amide bonds. The first-order valence-electron chi connectivity index (χ1n) is 14.0. The Morgan fingerprint density at radius 2 is 1.53 bits per heavy atom. The summed E-state index contributed by atoms with van der Waals surface area (Å²) in [6.07, 6.45) is 1.73. The van der Waals surface area contributed by atoms with Crippen LogP contribution in [0.15, 0.2) is 35.5 Å². The Morgan fingerprint density at radius 1 is 0.907 bits per heavy atom. The minimum atomic E-state index is -1.47. The highest BCUT2D eigenvalue weighted by atomic mass is 16.4. The van der Waals surface area contributed by atoms with E-state index in [-0.39, 0.29) is 44.1 Å². The molecule has 0 spiro atoms. The number of aromatic nitrogens is 1. The fraction of sp³-hybridized carbons (Fsp3) is 0.500. The average molecular weight is 603 g/mol. The molecule has 12 N–H and O–H groups in total. The maximum absolute atomic E-state index is 13.4. The number of H-pyrrole nitrogens is 1. The SMILES string of the molecule is CC(C)CC(NC(=O)C(CCCN=C(N)N)NC(=O)C(N)Cc1c[nH]c2ccccc12)C(=O)NC(CCC(=O)O)C(=O)O. The fourth-order valence-electron chi connectivity index (χ4n) is 4.45. The molecule has 0 fully saturated rings. The van der Waals surface area contributed by atoms with Gasteiger partial charge in [-0.1, -0.05) is 32.0 Å². The van der Waals surface area contributed by atoms with E-state index in [1.807, 2.05) is 38.1 Å². The number of hydrogen-bond acceptors (Lipinski definition) is 7. The van der Waals surface area contributed by atoms with Crippen LogP contribution in [0.1, 0.15) is 51.5 Å². The monoisotopic (exact) mass is 602 g/mol. The third-order valence-corrected chi connectivity index (χ3v) is 6.63. The molecule has 0 aliphatic carbocycles. The van der Waals surface area contributed by atoms with Gasteiger partial charge in [0.05, 0.1) is 6.04 Å². The molecule has 1 aromatic carbocycles. The summed E-state index contributed by atoms with van der Waals surface area (Å²) in [5.74, 6) is -4.89.